The first-order valence-corrected chi connectivity index (χ1v) is 8.92. The van der Waals surface area contributed by atoms with Gasteiger partial charge in [-0.25, -0.2) is 0 Å². The number of ether oxygens (including phenoxy) is 2. The molecule has 0 spiro atoms. The van der Waals surface area contributed by atoms with Crippen molar-refractivity contribution in [3.8, 4) is 11.5 Å². The summed E-state index contributed by atoms with van der Waals surface area (Å²) < 4.78 is 11.1. The number of fused-ring (bicyclic) bond motifs is 3. The number of unbranched alkanes of at least 4 members (excludes halogenated alkanes) is 1. The van der Waals surface area contributed by atoms with Gasteiger partial charge >= 0.3 is 0 Å². The number of hydrogen-bond donors (Lipinski definition) is 1. The van der Waals surface area contributed by atoms with E-state index in [4.69, 9.17) is 9.47 Å². The zero-order valence-corrected chi connectivity index (χ0v) is 14.9. The van der Waals surface area contributed by atoms with Crippen LogP contribution in [0.5, 0.6) is 11.5 Å². The number of methoxy groups -OCH3 is 2. The number of nitrogens with zero attached hydrogens (tertiary/aromatic N) is 2. The standard InChI is InChI=1S/C19H28N2O3/c1-4-5-6-13-12-21-10-9-15-14(17(21)11-16(13)20-22)7-8-18(23-2)19(15)24-3/h7-8,13,17,22H,4-6,9-12H2,1-3H3. The lowest BCUT2D eigenvalue weighted by Gasteiger charge is -2.44. The van der Waals surface area contributed by atoms with Crippen molar-refractivity contribution in [2.24, 2.45) is 11.1 Å². The summed E-state index contributed by atoms with van der Waals surface area (Å²) in [6.45, 7) is 4.21. The second kappa shape index (κ2) is 7.43. The van der Waals surface area contributed by atoms with Crippen molar-refractivity contribution in [3.63, 3.8) is 0 Å². The van der Waals surface area contributed by atoms with Crippen LogP contribution in [0.25, 0.3) is 0 Å². The molecule has 24 heavy (non-hydrogen) atoms. The summed E-state index contributed by atoms with van der Waals surface area (Å²) in [4.78, 5) is 2.54. The highest BCUT2D eigenvalue weighted by atomic mass is 16.5. The van der Waals surface area contributed by atoms with E-state index in [1.54, 1.807) is 14.2 Å². The van der Waals surface area contributed by atoms with Crippen LogP contribution in [0.1, 0.15) is 49.8 Å². The smallest absolute Gasteiger partial charge is 0.164 e. The quantitative estimate of drug-likeness (QED) is 0.661. The van der Waals surface area contributed by atoms with E-state index in [0.29, 0.717) is 5.92 Å². The van der Waals surface area contributed by atoms with Gasteiger partial charge in [-0.15, -0.1) is 0 Å². The van der Waals surface area contributed by atoms with Gasteiger partial charge in [-0.05, 0) is 24.5 Å². The summed E-state index contributed by atoms with van der Waals surface area (Å²) in [5.41, 5.74) is 3.48. The topological polar surface area (TPSA) is 54.3 Å². The molecule has 2 aliphatic rings. The first-order chi connectivity index (χ1) is 11.7. The van der Waals surface area contributed by atoms with Crippen LogP contribution in [0.15, 0.2) is 17.3 Å². The molecule has 5 heteroatoms. The zero-order valence-electron chi connectivity index (χ0n) is 14.9. The van der Waals surface area contributed by atoms with Crippen molar-refractivity contribution in [1.29, 1.82) is 0 Å². The summed E-state index contributed by atoms with van der Waals surface area (Å²) >= 11 is 0. The van der Waals surface area contributed by atoms with E-state index in [-0.39, 0.29) is 6.04 Å². The second-order valence-corrected chi connectivity index (χ2v) is 6.76. The maximum absolute atomic E-state index is 9.51. The summed E-state index contributed by atoms with van der Waals surface area (Å²) in [6, 6.07) is 4.41. The summed E-state index contributed by atoms with van der Waals surface area (Å²) in [5, 5.41) is 13.2. The molecule has 0 bridgehead atoms. The van der Waals surface area contributed by atoms with Crippen molar-refractivity contribution in [2.75, 3.05) is 27.3 Å². The molecule has 0 aliphatic carbocycles. The molecule has 1 aromatic carbocycles. The van der Waals surface area contributed by atoms with Crippen LogP contribution in [0, 0.1) is 5.92 Å². The molecule has 1 saturated heterocycles. The van der Waals surface area contributed by atoms with Gasteiger partial charge in [-0.2, -0.15) is 0 Å². The fraction of sp³-hybridized carbons (Fsp3) is 0.632. The molecule has 2 heterocycles. The van der Waals surface area contributed by atoms with Crippen molar-refractivity contribution >= 4 is 5.71 Å². The SMILES string of the molecule is CCCCC1CN2CCc3c(ccc(OC)c3OC)C2CC1=NO. The van der Waals surface area contributed by atoms with Gasteiger partial charge in [0.1, 0.15) is 0 Å². The Balaban J connectivity index is 1.90. The summed E-state index contributed by atoms with van der Waals surface area (Å²) in [5.74, 6) is 2.02. The lowest BCUT2D eigenvalue weighted by atomic mass is 9.80. The first-order valence-electron chi connectivity index (χ1n) is 8.92. The van der Waals surface area contributed by atoms with Gasteiger partial charge in [0.05, 0.1) is 19.9 Å². The van der Waals surface area contributed by atoms with Crippen molar-refractivity contribution in [3.05, 3.63) is 23.3 Å². The third-order valence-electron chi connectivity index (χ3n) is 5.50. The third kappa shape index (κ3) is 2.97. The van der Waals surface area contributed by atoms with Crippen LogP contribution in [0.2, 0.25) is 0 Å². The Morgan fingerprint density at radius 2 is 2.12 bits per heavy atom. The Bertz CT molecular complexity index is 615. The minimum Gasteiger partial charge on any atom is -0.493 e. The number of benzene rings is 1. The maximum Gasteiger partial charge on any atom is 0.164 e. The molecular formula is C19H28N2O3. The first kappa shape index (κ1) is 17.1. The lowest BCUT2D eigenvalue weighted by Crippen LogP contribution is -2.46. The highest BCUT2D eigenvalue weighted by molar-refractivity contribution is 5.88. The lowest BCUT2D eigenvalue weighted by molar-refractivity contribution is 0.146. The number of rotatable bonds is 5. The summed E-state index contributed by atoms with van der Waals surface area (Å²) in [7, 11) is 3.38. The fourth-order valence-electron chi connectivity index (χ4n) is 4.23. The Hall–Kier alpha value is -1.75. The Morgan fingerprint density at radius 3 is 2.79 bits per heavy atom. The zero-order chi connectivity index (χ0) is 17.1. The van der Waals surface area contributed by atoms with Crippen LogP contribution >= 0.6 is 0 Å². The molecule has 5 nitrogen and oxygen atoms in total. The molecule has 3 rings (SSSR count). The van der Waals surface area contributed by atoms with Gasteiger partial charge in [0.2, 0.25) is 0 Å². The van der Waals surface area contributed by atoms with E-state index in [0.717, 1.165) is 49.6 Å². The highest BCUT2D eigenvalue weighted by Gasteiger charge is 2.38. The normalized spacial score (nSPS) is 25.2. The Labute approximate surface area is 144 Å². The Kier molecular flexibility index (Phi) is 5.29. The fourth-order valence-corrected chi connectivity index (χ4v) is 4.23. The largest absolute Gasteiger partial charge is 0.493 e. The molecule has 1 fully saturated rings. The number of oxime groups is 1. The van der Waals surface area contributed by atoms with E-state index < -0.39 is 0 Å². The van der Waals surface area contributed by atoms with Crippen LogP contribution in [-0.4, -0.2) is 43.1 Å². The molecule has 0 radical (unpaired) electrons. The molecule has 1 N–H and O–H groups in total. The monoisotopic (exact) mass is 332 g/mol. The minimum absolute atomic E-state index is 0.275. The number of hydrogen-bond acceptors (Lipinski definition) is 5. The molecule has 0 amide bonds. The predicted molar refractivity (Wildman–Crippen MR) is 94.4 cm³/mol. The van der Waals surface area contributed by atoms with Gasteiger partial charge < -0.3 is 14.7 Å². The van der Waals surface area contributed by atoms with Crippen LogP contribution in [-0.2, 0) is 6.42 Å². The number of piperidine rings is 1. The van der Waals surface area contributed by atoms with Gasteiger partial charge in [-0.3, -0.25) is 4.90 Å². The molecular weight excluding hydrogens is 304 g/mol. The van der Waals surface area contributed by atoms with E-state index in [1.807, 2.05) is 6.07 Å². The molecule has 0 saturated carbocycles. The van der Waals surface area contributed by atoms with Gasteiger partial charge in [0.25, 0.3) is 0 Å². The van der Waals surface area contributed by atoms with E-state index in [2.05, 4.69) is 23.0 Å². The predicted octanol–water partition coefficient (Wildman–Crippen LogP) is 3.64. The minimum atomic E-state index is 0.275. The molecule has 1 aromatic rings. The Morgan fingerprint density at radius 1 is 1.29 bits per heavy atom. The van der Waals surface area contributed by atoms with E-state index in [9.17, 15) is 5.21 Å². The molecule has 2 atom stereocenters. The van der Waals surface area contributed by atoms with Gasteiger partial charge in [-0.1, -0.05) is 31.0 Å². The van der Waals surface area contributed by atoms with E-state index >= 15 is 0 Å². The molecule has 2 aliphatic heterocycles. The van der Waals surface area contributed by atoms with E-state index in [1.165, 1.54) is 24.0 Å². The van der Waals surface area contributed by atoms with Crippen molar-refractivity contribution in [1.82, 2.24) is 4.90 Å². The van der Waals surface area contributed by atoms with Crippen molar-refractivity contribution in [2.45, 2.75) is 45.1 Å². The van der Waals surface area contributed by atoms with Crippen LogP contribution in [0.3, 0.4) is 0 Å². The van der Waals surface area contributed by atoms with Crippen LogP contribution in [0.4, 0.5) is 0 Å². The highest BCUT2D eigenvalue weighted by Crippen LogP contribution is 2.44. The average molecular weight is 332 g/mol. The van der Waals surface area contributed by atoms with Crippen molar-refractivity contribution < 1.29 is 14.7 Å². The maximum atomic E-state index is 9.51. The summed E-state index contributed by atoms with van der Waals surface area (Å²) in [6.07, 6.45) is 5.24. The second-order valence-electron chi connectivity index (χ2n) is 6.76. The molecule has 0 aromatic heterocycles. The van der Waals surface area contributed by atoms with Gasteiger partial charge in [0.15, 0.2) is 11.5 Å². The van der Waals surface area contributed by atoms with Crippen LogP contribution < -0.4 is 9.47 Å². The molecule has 2 unspecified atom stereocenters. The third-order valence-corrected chi connectivity index (χ3v) is 5.50. The average Bonchev–Trinajstić information content (AvgIpc) is 2.63. The van der Waals surface area contributed by atoms with Gasteiger partial charge in [0, 0.05) is 37.0 Å². The molecule has 132 valence electrons.